The van der Waals surface area contributed by atoms with Gasteiger partial charge in [0.15, 0.2) is 0 Å². The number of halogens is 4. The number of sulfonamides is 2. The number of pyridine rings is 1. The molecule has 0 aliphatic carbocycles. The van der Waals surface area contributed by atoms with Crippen molar-refractivity contribution in [1.82, 2.24) is 14.0 Å². The van der Waals surface area contributed by atoms with E-state index in [9.17, 15) is 39.9 Å². The molecule has 46 heavy (non-hydrogen) atoms. The van der Waals surface area contributed by atoms with Gasteiger partial charge in [0.2, 0.25) is 20.0 Å². The molecular formula is C30H40BrF3N4O6S2. The van der Waals surface area contributed by atoms with Crippen LogP contribution in [0.4, 0.5) is 19.0 Å². The summed E-state index contributed by atoms with van der Waals surface area (Å²) in [5.41, 5.74) is -0.879. The third-order valence-electron chi connectivity index (χ3n) is 8.85. The number of anilines is 1. The highest BCUT2D eigenvalue weighted by Crippen LogP contribution is 2.34. The van der Waals surface area contributed by atoms with Gasteiger partial charge < -0.3 is 10.0 Å². The van der Waals surface area contributed by atoms with Crippen LogP contribution >= 0.6 is 15.9 Å². The van der Waals surface area contributed by atoms with Crippen LogP contribution in [0.3, 0.4) is 0 Å². The van der Waals surface area contributed by atoms with Crippen LogP contribution in [-0.4, -0.2) is 69.4 Å². The van der Waals surface area contributed by atoms with Gasteiger partial charge in [0.1, 0.15) is 16.8 Å². The average molecular weight is 754 g/mol. The zero-order valence-electron chi connectivity index (χ0n) is 25.7. The van der Waals surface area contributed by atoms with Crippen molar-refractivity contribution < 1.29 is 39.9 Å². The first kappa shape index (κ1) is 36.6. The van der Waals surface area contributed by atoms with Crippen LogP contribution in [0, 0.1) is 17.8 Å². The van der Waals surface area contributed by atoms with Crippen LogP contribution in [0.5, 0.6) is 0 Å². The molecule has 0 radical (unpaired) electrons. The second-order valence-corrected chi connectivity index (χ2v) is 16.9. The number of alkyl halides is 3. The zero-order chi connectivity index (χ0) is 33.9. The molecule has 4 rings (SSSR count). The van der Waals surface area contributed by atoms with E-state index in [1.54, 1.807) is 13.8 Å². The first-order valence-electron chi connectivity index (χ1n) is 15.3. The number of nitrogens with one attached hydrogen (secondary N) is 1. The molecule has 10 nitrogen and oxygen atoms in total. The van der Waals surface area contributed by atoms with E-state index in [0.717, 1.165) is 69.5 Å². The smallest absolute Gasteiger partial charge is 0.416 e. The number of carboxylic acids is 1. The van der Waals surface area contributed by atoms with E-state index in [4.69, 9.17) is 0 Å². The highest BCUT2D eigenvalue weighted by molar-refractivity contribution is 9.10. The number of carboxylic acid groups (broad SMARTS) is 1. The zero-order valence-corrected chi connectivity index (χ0v) is 28.9. The Morgan fingerprint density at radius 3 is 2.00 bits per heavy atom. The predicted octanol–water partition coefficient (Wildman–Crippen LogP) is 5.74. The van der Waals surface area contributed by atoms with Crippen molar-refractivity contribution in [2.45, 2.75) is 80.8 Å². The maximum absolute atomic E-state index is 13.0. The quantitative estimate of drug-likeness (QED) is 0.280. The summed E-state index contributed by atoms with van der Waals surface area (Å²) >= 11 is 3.45. The Balaban J connectivity index is 1.21. The molecule has 2 saturated heterocycles. The van der Waals surface area contributed by atoms with Crippen molar-refractivity contribution in [3.8, 4) is 0 Å². The molecule has 2 aliphatic rings. The van der Waals surface area contributed by atoms with E-state index in [2.05, 4.69) is 30.5 Å². The summed E-state index contributed by atoms with van der Waals surface area (Å²) in [5, 5.41) is 9.36. The van der Waals surface area contributed by atoms with E-state index in [1.807, 2.05) is 0 Å². The second-order valence-electron chi connectivity index (χ2n) is 12.4. The molecule has 1 aromatic heterocycles. The Kier molecular flexibility index (Phi) is 11.8. The van der Waals surface area contributed by atoms with Gasteiger partial charge in [0.05, 0.1) is 14.9 Å². The minimum Gasteiger partial charge on any atom is -0.480 e. The number of piperidine rings is 2. The molecular weight excluding hydrogens is 713 g/mol. The van der Waals surface area contributed by atoms with E-state index in [1.165, 1.54) is 16.6 Å². The largest absolute Gasteiger partial charge is 0.480 e. The van der Waals surface area contributed by atoms with E-state index in [0.29, 0.717) is 48.1 Å². The lowest BCUT2D eigenvalue weighted by Gasteiger charge is -2.34. The Hall–Kier alpha value is -2.27. The summed E-state index contributed by atoms with van der Waals surface area (Å²) in [4.78, 5) is 17.7. The SMILES string of the molecule is CC(C)C(NS(=O)(=O)c1cnc(N2CCC(CCCC3CCN(S(=O)(=O)c4ccc(C(F)(F)F)cc4)CC3)CC2)c(Br)c1)C(=O)O. The summed E-state index contributed by atoms with van der Waals surface area (Å²) in [6, 6.07) is 3.83. The van der Waals surface area contributed by atoms with Crippen LogP contribution in [0.15, 0.2) is 50.8 Å². The molecule has 2 aliphatic heterocycles. The molecule has 1 atom stereocenters. The van der Waals surface area contributed by atoms with Gasteiger partial charge in [-0.15, -0.1) is 0 Å². The van der Waals surface area contributed by atoms with Crippen LogP contribution in [0.25, 0.3) is 0 Å². The molecule has 0 saturated carbocycles. The maximum Gasteiger partial charge on any atom is 0.416 e. The summed E-state index contributed by atoms with van der Waals surface area (Å²) < 4.78 is 94.2. The van der Waals surface area contributed by atoms with Gasteiger partial charge in [-0.25, -0.2) is 21.8 Å². The summed E-state index contributed by atoms with van der Waals surface area (Å²) in [7, 11) is -7.92. The fourth-order valence-corrected chi connectivity index (χ4v) is 9.56. The number of carbonyl (C=O) groups is 1. The molecule has 256 valence electrons. The minimum absolute atomic E-state index is 0.118. The van der Waals surface area contributed by atoms with Gasteiger partial charge in [0.25, 0.3) is 0 Å². The predicted molar refractivity (Wildman–Crippen MR) is 170 cm³/mol. The third kappa shape index (κ3) is 8.99. The second kappa shape index (κ2) is 14.9. The van der Waals surface area contributed by atoms with Crippen molar-refractivity contribution in [1.29, 1.82) is 0 Å². The fraction of sp³-hybridized carbons (Fsp3) is 0.600. The molecule has 1 aromatic carbocycles. The number of rotatable bonds is 12. The van der Waals surface area contributed by atoms with Crippen LogP contribution in [0.1, 0.15) is 64.4 Å². The van der Waals surface area contributed by atoms with Crippen molar-refractivity contribution in [2.75, 3.05) is 31.1 Å². The van der Waals surface area contributed by atoms with Crippen molar-refractivity contribution in [2.24, 2.45) is 17.8 Å². The number of aliphatic carboxylic acids is 1. The average Bonchev–Trinajstić information content (AvgIpc) is 3.00. The monoisotopic (exact) mass is 752 g/mol. The lowest BCUT2D eigenvalue weighted by atomic mass is 9.87. The van der Waals surface area contributed by atoms with Crippen LogP contribution in [-0.2, 0) is 31.0 Å². The van der Waals surface area contributed by atoms with Gasteiger partial charge >= 0.3 is 12.1 Å². The highest BCUT2D eigenvalue weighted by Gasteiger charge is 2.33. The molecule has 2 N–H and O–H groups in total. The minimum atomic E-state index is -4.52. The van der Waals surface area contributed by atoms with Gasteiger partial charge in [-0.1, -0.05) is 33.1 Å². The number of hydrogen-bond donors (Lipinski definition) is 2. The molecule has 0 bridgehead atoms. The first-order chi connectivity index (χ1) is 21.5. The van der Waals surface area contributed by atoms with E-state index < -0.39 is 49.7 Å². The van der Waals surface area contributed by atoms with E-state index >= 15 is 0 Å². The van der Waals surface area contributed by atoms with Gasteiger partial charge in [0, 0.05) is 32.4 Å². The standard InChI is InChI=1S/C30H40BrF3N4O6S2/c1-20(2)27(29(39)40)36-45(41,42)25-18-26(31)28(35-19-25)37-14-10-21(11-15-37)4-3-5-22-12-16-38(17-13-22)46(43,44)24-8-6-23(7-9-24)30(32,33)34/h6-9,18-22,27,36H,3-5,10-17H2,1-2H3,(H,39,40). The van der Waals surface area contributed by atoms with Gasteiger partial charge in [-0.3, -0.25) is 4.79 Å². The number of aromatic nitrogens is 1. The fourth-order valence-electron chi connectivity index (χ4n) is 6.03. The van der Waals surface area contributed by atoms with Crippen molar-refractivity contribution >= 4 is 47.8 Å². The summed E-state index contributed by atoms with van der Waals surface area (Å²) in [6.07, 6.45) is 3.13. The van der Waals surface area contributed by atoms with E-state index in [-0.39, 0.29) is 9.79 Å². The molecule has 2 aromatic rings. The number of nitrogens with zero attached hydrogens (tertiary/aromatic N) is 3. The molecule has 1 unspecified atom stereocenters. The van der Waals surface area contributed by atoms with Crippen molar-refractivity contribution in [3.05, 3.63) is 46.6 Å². The normalized spacial score (nSPS) is 18.6. The summed E-state index contributed by atoms with van der Waals surface area (Å²) in [6.45, 7) is 5.46. The van der Waals surface area contributed by atoms with Crippen LogP contribution < -0.4 is 9.62 Å². The summed E-state index contributed by atoms with van der Waals surface area (Å²) in [5.74, 6) is -0.127. The topological polar surface area (TPSA) is 137 Å². The lowest BCUT2D eigenvalue weighted by Crippen LogP contribution is -2.44. The lowest BCUT2D eigenvalue weighted by molar-refractivity contribution is -0.140. The van der Waals surface area contributed by atoms with Gasteiger partial charge in [-0.05, 0) is 89.7 Å². The number of hydrogen-bond acceptors (Lipinski definition) is 7. The van der Waals surface area contributed by atoms with Gasteiger partial charge in [-0.2, -0.15) is 22.2 Å². The van der Waals surface area contributed by atoms with Crippen LogP contribution in [0.2, 0.25) is 0 Å². The molecule has 16 heteroatoms. The highest BCUT2D eigenvalue weighted by atomic mass is 79.9. The Morgan fingerprint density at radius 1 is 0.978 bits per heavy atom. The Morgan fingerprint density at radius 2 is 1.52 bits per heavy atom. The molecule has 3 heterocycles. The maximum atomic E-state index is 13.0. The van der Waals surface area contributed by atoms with Crippen molar-refractivity contribution in [3.63, 3.8) is 0 Å². The first-order valence-corrected chi connectivity index (χ1v) is 19.0. The molecule has 0 amide bonds. The number of benzene rings is 1. The molecule has 0 spiro atoms. The molecule has 2 fully saturated rings. The third-order valence-corrected chi connectivity index (χ3v) is 12.8. The Labute approximate surface area is 277 Å². The Bertz CT molecular complexity index is 1570.